The molecule has 0 spiro atoms. The summed E-state index contributed by atoms with van der Waals surface area (Å²) in [6.07, 6.45) is 3.47. The van der Waals surface area contributed by atoms with Crippen LogP contribution < -0.4 is 4.72 Å². The third kappa shape index (κ3) is 4.77. The topological polar surface area (TPSA) is 46.2 Å². The Morgan fingerprint density at radius 1 is 1.00 bits per heavy atom. The molecule has 1 N–H and O–H groups in total. The smallest absolute Gasteiger partial charge is 0.235 e. The van der Waals surface area contributed by atoms with Crippen molar-refractivity contribution in [1.82, 2.24) is 0 Å². The molecule has 0 saturated heterocycles. The van der Waals surface area contributed by atoms with Crippen LogP contribution in [0.15, 0.2) is 30.3 Å². The standard InChI is InChI=1S/C19H19F3INO2S/c20-16-8-9-18(24-27(25,26)14-4-2-1-3-5-14)15(19(16)22)10-12-6-7-13(23)11-17(12)21/h6-9,11,14,24H,1-5,10H2. The van der Waals surface area contributed by atoms with Crippen molar-refractivity contribution in [2.24, 2.45) is 0 Å². The molecular weight excluding hydrogens is 490 g/mol. The van der Waals surface area contributed by atoms with Gasteiger partial charge in [0.1, 0.15) is 5.82 Å². The van der Waals surface area contributed by atoms with Crippen molar-refractivity contribution in [2.75, 3.05) is 4.72 Å². The molecule has 8 heteroatoms. The van der Waals surface area contributed by atoms with E-state index >= 15 is 0 Å². The average Bonchev–Trinajstić information content (AvgIpc) is 2.63. The maximum absolute atomic E-state index is 14.4. The minimum absolute atomic E-state index is 0.0441. The van der Waals surface area contributed by atoms with Gasteiger partial charge in [-0.05, 0) is 65.3 Å². The summed E-state index contributed by atoms with van der Waals surface area (Å²) < 4.78 is 70.8. The molecule has 3 nitrogen and oxygen atoms in total. The molecule has 27 heavy (non-hydrogen) atoms. The molecule has 0 atom stereocenters. The predicted octanol–water partition coefficient (Wildman–Crippen LogP) is 5.37. The molecule has 0 bridgehead atoms. The van der Waals surface area contributed by atoms with E-state index in [9.17, 15) is 21.6 Å². The molecule has 3 rings (SSSR count). The second-order valence-electron chi connectivity index (χ2n) is 6.71. The maximum Gasteiger partial charge on any atom is 0.235 e. The molecule has 0 radical (unpaired) electrons. The van der Waals surface area contributed by atoms with Crippen molar-refractivity contribution in [1.29, 1.82) is 0 Å². The van der Waals surface area contributed by atoms with Crippen LogP contribution in [0.1, 0.15) is 43.2 Å². The van der Waals surface area contributed by atoms with Crippen LogP contribution in [0.3, 0.4) is 0 Å². The van der Waals surface area contributed by atoms with E-state index in [4.69, 9.17) is 0 Å². The highest BCUT2D eigenvalue weighted by Gasteiger charge is 2.28. The van der Waals surface area contributed by atoms with E-state index in [2.05, 4.69) is 4.72 Å². The number of sulfonamides is 1. The van der Waals surface area contributed by atoms with Crippen LogP contribution in [0, 0.1) is 21.0 Å². The zero-order valence-corrected chi connectivity index (χ0v) is 17.4. The number of halogens is 4. The first-order valence-electron chi connectivity index (χ1n) is 8.70. The number of anilines is 1. The van der Waals surface area contributed by atoms with Crippen LogP contribution >= 0.6 is 22.6 Å². The number of benzene rings is 2. The van der Waals surface area contributed by atoms with E-state index in [1.54, 1.807) is 6.07 Å². The summed E-state index contributed by atoms with van der Waals surface area (Å²) in [6.45, 7) is 0. The van der Waals surface area contributed by atoms with Crippen LogP contribution in [-0.4, -0.2) is 13.7 Å². The summed E-state index contributed by atoms with van der Waals surface area (Å²) in [5.74, 6) is -2.82. The zero-order valence-electron chi connectivity index (χ0n) is 14.4. The zero-order chi connectivity index (χ0) is 19.6. The molecule has 0 aliphatic heterocycles. The van der Waals surface area contributed by atoms with Gasteiger partial charge in [0.15, 0.2) is 11.6 Å². The Balaban J connectivity index is 1.95. The molecule has 1 aliphatic rings. The van der Waals surface area contributed by atoms with E-state index in [0.29, 0.717) is 16.4 Å². The van der Waals surface area contributed by atoms with Gasteiger partial charge in [-0.25, -0.2) is 21.6 Å². The maximum atomic E-state index is 14.4. The highest BCUT2D eigenvalue weighted by molar-refractivity contribution is 14.1. The Labute approximate surface area is 170 Å². The molecule has 1 fully saturated rings. The summed E-state index contributed by atoms with van der Waals surface area (Å²) in [6, 6.07) is 6.50. The lowest BCUT2D eigenvalue weighted by Crippen LogP contribution is -2.30. The van der Waals surface area contributed by atoms with E-state index < -0.39 is 32.7 Å². The van der Waals surface area contributed by atoms with Gasteiger partial charge in [-0.2, -0.15) is 0 Å². The van der Waals surface area contributed by atoms with Crippen molar-refractivity contribution in [3.05, 3.63) is 62.5 Å². The summed E-state index contributed by atoms with van der Waals surface area (Å²) in [7, 11) is -3.73. The first-order chi connectivity index (χ1) is 12.8. The minimum atomic E-state index is -3.73. The predicted molar refractivity (Wildman–Crippen MR) is 108 cm³/mol. The number of hydrogen-bond donors (Lipinski definition) is 1. The average molecular weight is 509 g/mol. The van der Waals surface area contributed by atoms with E-state index in [0.717, 1.165) is 25.3 Å². The SMILES string of the molecule is O=S(=O)(Nc1ccc(F)c(F)c1Cc1ccc(I)cc1F)C1CCCCC1. The van der Waals surface area contributed by atoms with Crippen molar-refractivity contribution < 1.29 is 21.6 Å². The molecule has 2 aromatic rings. The lowest BCUT2D eigenvalue weighted by atomic mass is 10.0. The lowest BCUT2D eigenvalue weighted by molar-refractivity contribution is 0.485. The first kappa shape index (κ1) is 20.4. The third-order valence-corrected chi connectivity index (χ3v) is 7.35. The van der Waals surface area contributed by atoms with Crippen molar-refractivity contribution >= 4 is 38.3 Å². The monoisotopic (exact) mass is 509 g/mol. The quantitative estimate of drug-likeness (QED) is 0.551. The van der Waals surface area contributed by atoms with Gasteiger partial charge in [0, 0.05) is 15.6 Å². The molecule has 0 unspecified atom stereocenters. The van der Waals surface area contributed by atoms with Gasteiger partial charge in [-0.3, -0.25) is 4.72 Å². The fourth-order valence-electron chi connectivity index (χ4n) is 3.33. The third-order valence-electron chi connectivity index (χ3n) is 4.82. The Kier molecular flexibility index (Phi) is 6.35. The second-order valence-corrected chi connectivity index (χ2v) is 9.91. The van der Waals surface area contributed by atoms with Crippen LogP contribution in [0.5, 0.6) is 0 Å². The number of rotatable bonds is 5. The van der Waals surface area contributed by atoms with Gasteiger partial charge in [-0.1, -0.05) is 25.3 Å². The van der Waals surface area contributed by atoms with Gasteiger partial charge in [0.25, 0.3) is 0 Å². The fourth-order valence-corrected chi connectivity index (χ4v) is 5.40. The van der Waals surface area contributed by atoms with Gasteiger partial charge in [0.2, 0.25) is 10.0 Å². The Hall–Kier alpha value is -1.29. The van der Waals surface area contributed by atoms with Gasteiger partial charge < -0.3 is 0 Å². The van der Waals surface area contributed by atoms with Crippen molar-refractivity contribution in [3.8, 4) is 0 Å². The van der Waals surface area contributed by atoms with Gasteiger partial charge in [-0.15, -0.1) is 0 Å². The van der Waals surface area contributed by atoms with Crippen LogP contribution in [-0.2, 0) is 16.4 Å². The molecule has 0 amide bonds. The molecule has 0 heterocycles. The Morgan fingerprint density at radius 3 is 2.37 bits per heavy atom. The van der Waals surface area contributed by atoms with Crippen LogP contribution in [0.25, 0.3) is 0 Å². The second kappa shape index (κ2) is 8.38. The van der Waals surface area contributed by atoms with Crippen LogP contribution in [0.2, 0.25) is 0 Å². The molecule has 1 aliphatic carbocycles. The summed E-state index contributed by atoms with van der Waals surface area (Å²) >= 11 is 1.95. The molecule has 2 aromatic carbocycles. The van der Waals surface area contributed by atoms with Gasteiger partial charge in [0.05, 0.1) is 10.9 Å². The van der Waals surface area contributed by atoms with Gasteiger partial charge >= 0.3 is 0 Å². The summed E-state index contributed by atoms with van der Waals surface area (Å²) in [4.78, 5) is 0. The Bertz CT molecular complexity index is 944. The molecular formula is C19H19F3INO2S. The van der Waals surface area contributed by atoms with E-state index in [1.807, 2.05) is 22.6 Å². The number of hydrogen-bond acceptors (Lipinski definition) is 2. The molecule has 0 aromatic heterocycles. The minimum Gasteiger partial charge on any atom is -0.283 e. The highest BCUT2D eigenvalue weighted by atomic mass is 127. The summed E-state index contributed by atoms with van der Waals surface area (Å²) in [5.41, 5.74) is -0.0788. The highest BCUT2D eigenvalue weighted by Crippen LogP contribution is 2.30. The lowest BCUT2D eigenvalue weighted by Gasteiger charge is -2.23. The largest absolute Gasteiger partial charge is 0.283 e. The fraction of sp³-hybridized carbons (Fsp3) is 0.368. The molecule has 1 saturated carbocycles. The van der Waals surface area contributed by atoms with E-state index in [-0.39, 0.29) is 23.2 Å². The van der Waals surface area contributed by atoms with Crippen molar-refractivity contribution in [2.45, 2.75) is 43.8 Å². The molecule has 146 valence electrons. The number of nitrogens with one attached hydrogen (secondary N) is 1. The first-order valence-corrected chi connectivity index (χ1v) is 11.3. The van der Waals surface area contributed by atoms with Crippen LogP contribution in [0.4, 0.5) is 18.9 Å². The Morgan fingerprint density at radius 2 is 1.70 bits per heavy atom. The normalized spacial score (nSPS) is 15.7. The van der Waals surface area contributed by atoms with E-state index in [1.165, 1.54) is 18.2 Å². The summed E-state index contributed by atoms with van der Waals surface area (Å²) in [5, 5.41) is -0.553. The van der Waals surface area contributed by atoms with Crippen molar-refractivity contribution in [3.63, 3.8) is 0 Å².